The van der Waals surface area contributed by atoms with Crippen LogP contribution in [0.15, 0.2) is 24.3 Å². The smallest absolute Gasteiger partial charge is 0.161 e. The van der Waals surface area contributed by atoms with Gasteiger partial charge in [0, 0.05) is 12.8 Å². The van der Waals surface area contributed by atoms with Crippen molar-refractivity contribution in [2.45, 2.75) is 18.5 Å². The van der Waals surface area contributed by atoms with Crippen LogP contribution in [-0.4, -0.2) is 10.6 Å². The van der Waals surface area contributed by atoms with Gasteiger partial charge in [0.15, 0.2) is 5.66 Å². The molecule has 12 heavy (non-hydrogen) atoms. The summed E-state index contributed by atoms with van der Waals surface area (Å²) in [6.45, 7) is 0. The minimum absolute atomic E-state index is 0.0441. The minimum atomic E-state index is -2.00. The molecule has 1 unspecified atom stereocenters. The fourth-order valence-electron chi connectivity index (χ4n) is 1.69. The van der Waals surface area contributed by atoms with Crippen LogP contribution in [0.2, 0.25) is 0 Å². The molecule has 0 spiro atoms. The molecule has 1 aromatic carbocycles. The first-order valence-corrected chi connectivity index (χ1v) is 5.27. The van der Waals surface area contributed by atoms with Gasteiger partial charge in [0.05, 0.1) is 0 Å². The summed E-state index contributed by atoms with van der Waals surface area (Å²) in [5.74, 6) is 0. The second kappa shape index (κ2) is 2.96. The van der Waals surface area contributed by atoms with Gasteiger partial charge in [-0.15, -0.1) is 0 Å². The van der Waals surface area contributed by atoms with Crippen molar-refractivity contribution in [1.29, 1.82) is 0 Å². The van der Waals surface area contributed by atoms with E-state index in [0.29, 0.717) is 0 Å². The number of hydrogen-bond acceptors (Lipinski definition) is 1. The summed E-state index contributed by atoms with van der Waals surface area (Å²) >= 11 is 0. The largest absolute Gasteiger partial charge is 0.509 e. The molecule has 1 aliphatic carbocycles. The Morgan fingerprint density at radius 1 is 1.25 bits per heavy atom. The van der Waals surface area contributed by atoms with E-state index in [1.165, 1.54) is 11.1 Å². The Hall–Kier alpha value is -0.720. The van der Waals surface area contributed by atoms with Crippen LogP contribution >= 0.6 is 8.03 Å². The van der Waals surface area contributed by atoms with Crippen LogP contribution in [0, 0.1) is 0 Å². The molecule has 0 bridgehead atoms. The van der Waals surface area contributed by atoms with Gasteiger partial charge in [-0.05, 0) is 15.7 Å². The maximum Gasteiger partial charge on any atom is 0.509 e. The van der Waals surface area contributed by atoms with E-state index in [-0.39, 0.29) is 5.66 Å². The highest BCUT2D eigenvalue weighted by atomic mass is 31.1. The molecule has 62 valence electrons. The molecule has 0 saturated heterocycles. The third-order valence-electron chi connectivity index (χ3n) is 2.34. The molecule has 0 heterocycles. The summed E-state index contributed by atoms with van der Waals surface area (Å²) in [5.41, 5.74) is 2.43. The van der Waals surface area contributed by atoms with Gasteiger partial charge in [-0.3, -0.25) is 0 Å². The molecule has 0 aromatic heterocycles. The van der Waals surface area contributed by atoms with Crippen molar-refractivity contribution < 1.29 is 9.46 Å². The van der Waals surface area contributed by atoms with Crippen LogP contribution in [0.5, 0.6) is 0 Å². The zero-order valence-corrected chi connectivity index (χ0v) is 7.50. The zero-order chi connectivity index (χ0) is 8.55. The van der Waals surface area contributed by atoms with Crippen molar-refractivity contribution in [2.24, 2.45) is 0 Å². The summed E-state index contributed by atoms with van der Waals surface area (Å²) in [6.07, 6.45) is 1.53. The van der Waals surface area contributed by atoms with Crippen molar-refractivity contribution in [3.63, 3.8) is 0 Å². The highest BCUT2D eigenvalue weighted by Crippen LogP contribution is 2.35. The fourth-order valence-corrected chi connectivity index (χ4v) is 2.40. The lowest BCUT2D eigenvalue weighted by molar-refractivity contribution is 0.489. The van der Waals surface area contributed by atoms with E-state index in [0.717, 1.165) is 12.8 Å². The van der Waals surface area contributed by atoms with E-state index in [2.05, 4.69) is 0 Å². The van der Waals surface area contributed by atoms with Gasteiger partial charge in [0.25, 0.3) is 0 Å². The van der Waals surface area contributed by atoms with Crippen molar-refractivity contribution in [2.75, 3.05) is 0 Å². The quantitative estimate of drug-likeness (QED) is 0.671. The molecular formula is C9H10O2P+. The van der Waals surface area contributed by atoms with E-state index >= 15 is 0 Å². The molecule has 0 radical (unpaired) electrons. The molecule has 1 aliphatic rings. The second-order valence-corrected chi connectivity index (χ2v) is 4.47. The predicted molar refractivity (Wildman–Crippen MR) is 47.5 cm³/mol. The van der Waals surface area contributed by atoms with Crippen LogP contribution in [0.3, 0.4) is 0 Å². The molecule has 0 aliphatic heterocycles. The van der Waals surface area contributed by atoms with Crippen molar-refractivity contribution in [3.05, 3.63) is 35.4 Å². The minimum Gasteiger partial charge on any atom is -0.161 e. The summed E-state index contributed by atoms with van der Waals surface area (Å²) in [5, 5.41) is 0. The summed E-state index contributed by atoms with van der Waals surface area (Å²) in [4.78, 5) is 8.93. The maximum atomic E-state index is 10.8. The molecule has 3 heteroatoms. The van der Waals surface area contributed by atoms with Gasteiger partial charge < -0.3 is 0 Å². The summed E-state index contributed by atoms with van der Waals surface area (Å²) < 4.78 is 10.8. The third kappa shape index (κ3) is 1.28. The van der Waals surface area contributed by atoms with Crippen molar-refractivity contribution in [1.82, 2.24) is 0 Å². The van der Waals surface area contributed by atoms with Crippen LogP contribution in [-0.2, 0) is 17.4 Å². The lowest BCUT2D eigenvalue weighted by Gasteiger charge is -1.92. The van der Waals surface area contributed by atoms with Gasteiger partial charge in [-0.2, -0.15) is 4.89 Å². The van der Waals surface area contributed by atoms with Gasteiger partial charge in [-0.25, -0.2) is 0 Å². The summed E-state index contributed by atoms with van der Waals surface area (Å²) in [7, 11) is -2.00. The van der Waals surface area contributed by atoms with Crippen LogP contribution in [0.1, 0.15) is 11.1 Å². The Balaban J connectivity index is 2.27. The lowest BCUT2D eigenvalue weighted by Crippen LogP contribution is -1.99. The zero-order valence-electron chi connectivity index (χ0n) is 6.60. The van der Waals surface area contributed by atoms with E-state index < -0.39 is 8.03 Å². The van der Waals surface area contributed by atoms with Crippen LogP contribution < -0.4 is 0 Å². The average molecular weight is 181 g/mol. The van der Waals surface area contributed by atoms with E-state index in [4.69, 9.17) is 4.89 Å². The number of benzene rings is 1. The van der Waals surface area contributed by atoms with Gasteiger partial charge >= 0.3 is 8.03 Å². The van der Waals surface area contributed by atoms with Crippen LogP contribution in [0.4, 0.5) is 0 Å². The number of fused-ring (bicyclic) bond motifs is 1. The first-order chi connectivity index (χ1) is 5.77. The second-order valence-electron chi connectivity index (χ2n) is 3.13. The molecular weight excluding hydrogens is 171 g/mol. The van der Waals surface area contributed by atoms with Crippen molar-refractivity contribution >= 4 is 8.03 Å². The Bertz CT molecular complexity index is 297. The van der Waals surface area contributed by atoms with Crippen molar-refractivity contribution in [3.8, 4) is 0 Å². The van der Waals surface area contributed by atoms with Gasteiger partial charge in [-0.1, -0.05) is 24.3 Å². The average Bonchev–Trinajstić information content (AvgIpc) is 2.46. The maximum absolute atomic E-state index is 10.8. The molecule has 1 atom stereocenters. The van der Waals surface area contributed by atoms with Crippen LogP contribution in [0.25, 0.3) is 0 Å². The monoisotopic (exact) mass is 181 g/mol. The van der Waals surface area contributed by atoms with E-state index in [1.807, 2.05) is 24.3 Å². The molecule has 1 N–H and O–H groups in total. The molecule has 0 saturated carbocycles. The SMILES string of the molecule is O=[P+](O)C1Cc2ccccc2C1. The summed E-state index contributed by atoms with van der Waals surface area (Å²) in [6, 6.07) is 8.03. The molecule has 0 amide bonds. The first-order valence-electron chi connectivity index (χ1n) is 3.99. The Kier molecular flexibility index (Phi) is 1.95. The molecule has 0 fully saturated rings. The highest BCUT2D eigenvalue weighted by Gasteiger charge is 2.35. The first kappa shape index (κ1) is 7.90. The van der Waals surface area contributed by atoms with E-state index in [1.54, 1.807) is 0 Å². The normalized spacial score (nSPS) is 17.6. The molecule has 2 rings (SSSR count). The van der Waals surface area contributed by atoms with Gasteiger partial charge in [0.1, 0.15) is 0 Å². The Labute approximate surface area is 72.1 Å². The molecule has 1 aromatic rings. The Morgan fingerprint density at radius 3 is 2.17 bits per heavy atom. The van der Waals surface area contributed by atoms with E-state index in [9.17, 15) is 4.57 Å². The lowest BCUT2D eigenvalue weighted by atomic mass is 10.1. The standard InChI is InChI=1S/C9H9O2P/c10-12(11)9-5-7-3-1-2-4-8(7)6-9/h1-4,9H,5-6H2/p+1. The third-order valence-corrected chi connectivity index (χ3v) is 3.33. The topological polar surface area (TPSA) is 37.3 Å². The Morgan fingerprint density at radius 2 is 1.75 bits per heavy atom. The number of hydrogen-bond donors (Lipinski definition) is 1. The van der Waals surface area contributed by atoms with Gasteiger partial charge in [0.2, 0.25) is 0 Å². The highest BCUT2D eigenvalue weighted by molar-refractivity contribution is 7.38. The number of rotatable bonds is 1. The predicted octanol–water partition coefficient (Wildman–Crippen LogP) is 1.89. The fraction of sp³-hybridized carbons (Fsp3) is 0.333. The molecule has 2 nitrogen and oxygen atoms in total.